The fourth-order valence-electron chi connectivity index (χ4n) is 2.57. The van der Waals surface area contributed by atoms with E-state index >= 15 is 0 Å². The van der Waals surface area contributed by atoms with E-state index in [2.05, 4.69) is 19.9 Å². The topological polar surface area (TPSA) is 93.3 Å². The minimum Gasteiger partial charge on any atom is -0.476 e. The monoisotopic (exact) mass is 383 g/mol. The van der Waals surface area contributed by atoms with Crippen LogP contribution in [0.1, 0.15) is 12.5 Å². The number of halogens is 3. The highest BCUT2D eigenvalue weighted by molar-refractivity contribution is 5.44. The number of aromatic nitrogens is 4. The summed E-state index contributed by atoms with van der Waals surface area (Å²) in [7, 11) is 0. The van der Waals surface area contributed by atoms with Crippen molar-refractivity contribution in [1.29, 1.82) is 0 Å². The van der Waals surface area contributed by atoms with E-state index in [0.29, 0.717) is 38.7 Å². The standard InChI is InChI=1S/C16H20F3N7O/c1-11(20)9-27-14-6-13(23-10-24-14)25-2-4-26(5-3-25)15-21-7-12(8-22-15)16(17,18)19/h6-8,10-11H,2-5,9,20H2,1H3/t11-/m0/s1. The fourth-order valence-corrected chi connectivity index (χ4v) is 2.57. The summed E-state index contributed by atoms with van der Waals surface area (Å²) < 4.78 is 43.3. The predicted octanol–water partition coefficient (Wildman–Crippen LogP) is 1.34. The molecule has 3 heterocycles. The van der Waals surface area contributed by atoms with Gasteiger partial charge in [-0.3, -0.25) is 0 Å². The lowest BCUT2D eigenvalue weighted by Gasteiger charge is -2.35. The molecule has 1 aliphatic rings. The fraction of sp³-hybridized carbons (Fsp3) is 0.500. The van der Waals surface area contributed by atoms with Gasteiger partial charge in [0, 0.05) is 50.7 Å². The second kappa shape index (κ2) is 7.91. The number of hydrogen-bond donors (Lipinski definition) is 1. The number of alkyl halides is 3. The summed E-state index contributed by atoms with van der Waals surface area (Å²) in [6, 6.07) is 1.64. The second-order valence-electron chi connectivity index (χ2n) is 6.25. The molecule has 3 rings (SSSR count). The molecule has 0 amide bonds. The number of rotatable bonds is 5. The SMILES string of the molecule is C[C@H](N)COc1cc(N2CCN(c3ncc(C(F)(F)F)cn3)CC2)ncn1. The van der Waals surface area contributed by atoms with Crippen LogP contribution >= 0.6 is 0 Å². The molecule has 0 aliphatic carbocycles. The normalized spacial score (nSPS) is 16.3. The van der Waals surface area contributed by atoms with Crippen LogP contribution in [0.5, 0.6) is 5.88 Å². The highest BCUT2D eigenvalue weighted by Gasteiger charge is 2.31. The molecule has 0 bridgehead atoms. The summed E-state index contributed by atoms with van der Waals surface area (Å²) in [6.07, 6.45) is -1.40. The molecule has 0 radical (unpaired) electrons. The number of nitrogens with two attached hydrogens (primary N) is 1. The average molecular weight is 383 g/mol. The van der Waals surface area contributed by atoms with Crippen molar-refractivity contribution in [3.05, 3.63) is 30.4 Å². The highest BCUT2D eigenvalue weighted by atomic mass is 19.4. The third kappa shape index (κ3) is 4.94. The smallest absolute Gasteiger partial charge is 0.419 e. The van der Waals surface area contributed by atoms with E-state index < -0.39 is 11.7 Å². The Labute approximate surface area is 154 Å². The number of nitrogens with zero attached hydrogens (tertiary/aromatic N) is 6. The molecule has 1 saturated heterocycles. The molecule has 2 N–H and O–H groups in total. The maximum absolute atomic E-state index is 12.6. The Balaban J connectivity index is 1.59. The van der Waals surface area contributed by atoms with Gasteiger partial charge in [0.1, 0.15) is 18.8 Å². The van der Waals surface area contributed by atoms with Gasteiger partial charge >= 0.3 is 6.18 Å². The summed E-state index contributed by atoms with van der Waals surface area (Å²) >= 11 is 0. The molecule has 1 aliphatic heterocycles. The molecule has 0 aromatic carbocycles. The van der Waals surface area contributed by atoms with Crippen LogP contribution in [-0.2, 0) is 6.18 Å². The zero-order chi connectivity index (χ0) is 19.4. The van der Waals surface area contributed by atoms with Crippen LogP contribution in [0.2, 0.25) is 0 Å². The first-order chi connectivity index (χ1) is 12.8. The van der Waals surface area contributed by atoms with E-state index in [0.717, 1.165) is 18.2 Å². The van der Waals surface area contributed by atoms with Crippen LogP contribution in [0.4, 0.5) is 24.9 Å². The zero-order valence-electron chi connectivity index (χ0n) is 14.7. The van der Waals surface area contributed by atoms with Gasteiger partial charge in [-0.25, -0.2) is 19.9 Å². The quantitative estimate of drug-likeness (QED) is 0.827. The third-order valence-electron chi connectivity index (χ3n) is 3.97. The molecule has 2 aromatic heterocycles. The van der Waals surface area contributed by atoms with Gasteiger partial charge in [0.25, 0.3) is 0 Å². The largest absolute Gasteiger partial charge is 0.476 e. The van der Waals surface area contributed by atoms with E-state index in [-0.39, 0.29) is 12.0 Å². The van der Waals surface area contributed by atoms with Crippen molar-refractivity contribution in [2.24, 2.45) is 5.73 Å². The Morgan fingerprint density at radius 1 is 1.07 bits per heavy atom. The van der Waals surface area contributed by atoms with E-state index in [9.17, 15) is 13.2 Å². The van der Waals surface area contributed by atoms with Crippen molar-refractivity contribution >= 4 is 11.8 Å². The summed E-state index contributed by atoms with van der Waals surface area (Å²) in [6.45, 7) is 4.55. The van der Waals surface area contributed by atoms with Crippen molar-refractivity contribution in [3.63, 3.8) is 0 Å². The van der Waals surface area contributed by atoms with Gasteiger partial charge in [-0.1, -0.05) is 0 Å². The Morgan fingerprint density at radius 2 is 1.70 bits per heavy atom. The lowest BCUT2D eigenvalue weighted by atomic mass is 10.3. The van der Waals surface area contributed by atoms with Crippen molar-refractivity contribution in [1.82, 2.24) is 19.9 Å². The van der Waals surface area contributed by atoms with Crippen molar-refractivity contribution in [2.45, 2.75) is 19.1 Å². The number of anilines is 2. The Kier molecular flexibility index (Phi) is 5.59. The molecular formula is C16H20F3N7O. The molecule has 1 atom stereocenters. The maximum Gasteiger partial charge on any atom is 0.419 e. The molecule has 0 unspecified atom stereocenters. The maximum atomic E-state index is 12.6. The van der Waals surface area contributed by atoms with Gasteiger partial charge in [0.05, 0.1) is 5.56 Å². The Morgan fingerprint density at radius 3 is 2.30 bits per heavy atom. The van der Waals surface area contributed by atoms with Gasteiger partial charge < -0.3 is 20.3 Å². The molecule has 0 saturated carbocycles. The van der Waals surface area contributed by atoms with E-state index in [1.165, 1.54) is 6.33 Å². The minimum atomic E-state index is -4.44. The van der Waals surface area contributed by atoms with Crippen LogP contribution in [-0.4, -0.2) is 58.8 Å². The molecule has 1 fully saturated rings. The van der Waals surface area contributed by atoms with Gasteiger partial charge in [-0.2, -0.15) is 13.2 Å². The number of piperazine rings is 1. The molecular weight excluding hydrogens is 363 g/mol. The predicted molar refractivity (Wildman–Crippen MR) is 92.6 cm³/mol. The summed E-state index contributed by atoms with van der Waals surface area (Å²) in [5, 5.41) is 0. The lowest BCUT2D eigenvalue weighted by molar-refractivity contribution is -0.138. The summed E-state index contributed by atoms with van der Waals surface area (Å²) in [5.74, 6) is 1.45. The van der Waals surface area contributed by atoms with Crippen molar-refractivity contribution in [2.75, 3.05) is 42.6 Å². The minimum absolute atomic E-state index is 0.101. The average Bonchev–Trinajstić information content (AvgIpc) is 2.66. The number of hydrogen-bond acceptors (Lipinski definition) is 8. The second-order valence-corrected chi connectivity index (χ2v) is 6.25. The number of ether oxygens (including phenoxy) is 1. The first-order valence-corrected chi connectivity index (χ1v) is 8.42. The zero-order valence-corrected chi connectivity index (χ0v) is 14.7. The molecule has 2 aromatic rings. The first-order valence-electron chi connectivity index (χ1n) is 8.42. The van der Waals surface area contributed by atoms with Crippen LogP contribution in [0.15, 0.2) is 24.8 Å². The van der Waals surface area contributed by atoms with E-state index in [4.69, 9.17) is 10.5 Å². The molecule has 27 heavy (non-hydrogen) atoms. The van der Waals surface area contributed by atoms with Crippen LogP contribution in [0.3, 0.4) is 0 Å². The van der Waals surface area contributed by atoms with Gasteiger partial charge in [0.15, 0.2) is 0 Å². The molecule has 0 spiro atoms. The Hall–Kier alpha value is -2.69. The molecule has 8 nitrogen and oxygen atoms in total. The van der Waals surface area contributed by atoms with Gasteiger partial charge in [-0.15, -0.1) is 0 Å². The van der Waals surface area contributed by atoms with Gasteiger partial charge in [-0.05, 0) is 6.92 Å². The molecule has 11 heteroatoms. The third-order valence-corrected chi connectivity index (χ3v) is 3.97. The summed E-state index contributed by atoms with van der Waals surface area (Å²) in [5.41, 5.74) is 4.81. The lowest BCUT2D eigenvalue weighted by Crippen LogP contribution is -2.47. The Bertz CT molecular complexity index is 746. The highest BCUT2D eigenvalue weighted by Crippen LogP contribution is 2.28. The van der Waals surface area contributed by atoms with E-state index in [1.807, 2.05) is 16.7 Å². The van der Waals surface area contributed by atoms with E-state index in [1.54, 1.807) is 6.07 Å². The first kappa shape index (κ1) is 19.1. The van der Waals surface area contributed by atoms with Gasteiger partial charge in [0.2, 0.25) is 11.8 Å². The van der Waals surface area contributed by atoms with Crippen LogP contribution in [0.25, 0.3) is 0 Å². The molecule has 146 valence electrons. The summed E-state index contributed by atoms with van der Waals surface area (Å²) in [4.78, 5) is 19.9. The van der Waals surface area contributed by atoms with Crippen molar-refractivity contribution in [3.8, 4) is 5.88 Å². The van der Waals surface area contributed by atoms with Crippen molar-refractivity contribution < 1.29 is 17.9 Å². The van der Waals surface area contributed by atoms with Crippen LogP contribution < -0.4 is 20.3 Å². The van der Waals surface area contributed by atoms with Crippen LogP contribution in [0, 0.1) is 0 Å².